The van der Waals surface area contributed by atoms with Crippen LogP contribution in [0.1, 0.15) is 20.7 Å². The predicted molar refractivity (Wildman–Crippen MR) is 92.6 cm³/mol. The predicted octanol–water partition coefficient (Wildman–Crippen LogP) is 2.39. The molecule has 9 heteroatoms. The summed E-state index contributed by atoms with van der Waals surface area (Å²) in [6.07, 6.45) is 0. The zero-order valence-corrected chi connectivity index (χ0v) is 13.1. The summed E-state index contributed by atoms with van der Waals surface area (Å²) < 4.78 is 0. The third-order valence-corrected chi connectivity index (χ3v) is 3.67. The van der Waals surface area contributed by atoms with Gasteiger partial charge in [-0.15, -0.1) is 0 Å². The maximum Gasteiger partial charge on any atom is 0.335 e. The number of carbonyl (C=O) groups is 2. The Morgan fingerprint density at radius 1 is 1.08 bits per heavy atom. The number of hydrogen-bond donors (Lipinski definition) is 3. The van der Waals surface area contributed by atoms with Gasteiger partial charge in [0, 0.05) is 28.7 Å². The average Bonchev–Trinajstić information content (AvgIpc) is 2.61. The van der Waals surface area contributed by atoms with Crippen LogP contribution in [0, 0.1) is 10.1 Å². The fourth-order valence-electron chi connectivity index (χ4n) is 2.37. The van der Waals surface area contributed by atoms with E-state index in [4.69, 9.17) is 5.11 Å². The number of aromatic nitrogens is 1. The van der Waals surface area contributed by atoms with Crippen molar-refractivity contribution in [1.29, 1.82) is 0 Å². The van der Waals surface area contributed by atoms with Crippen LogP contribution in [-0.4, -0.2) is 26.9 Å². The van der Waals surface area contributed by atoms with E-state index >= 15 is 0 Å². The quantitative estimate of drug-likeness (QED) is 0.485. The summed E-state index contributed by atoms with van der Waals surface area (Å²) >= 11 is 0. The number of nitro benzene ring substituents is 1. The molecule has 1 heterocycles. The number of carboxylic acids is 1. The minimum absolute atomic E-state index is 0.0545. The Morgan fingerprint density at radius 3 is 2.38 bits per heavy atom. The Morgan fingerprint density at radius 2 is 1.77 bits per heavy atom. The maximum absolute atomic E-state index is 12.3. The normalized spacial score (nSPS) is 10.5. The van der Waals surface area contributed by atoms with Gasteiger partial charge in [0.25, 0.3) is 17.2 Å². The average molecular weight is 353 g/mol. The highest BCUT2D eigenvalue weighted by Gasteiger charge is 2.14. The summed E-state index contributed by atoms with van der Waals surface area (Å²) in [5.41, 5.74) is -0.313. The molecular weight excluding hydrogens is 342 g/mol. The molecule has 1 aromatic heterocycles. The van der Waals surface area contributed by atoms with E-state index in [1.54, 1.807) is 0 Å². The number of benzene rings is 2. The second kappa shape index (κ2) is 6.48. The lowest BCUT2D eigenvalue weighted by Gasteiger charge is -2.06. The number of non-ortho nitro benzene ring substituents is 1. The lowest BCUT2D eigenvalue weighted by molar-refractivity contribution is -0.384. The van der Waals surface area contributed by atoms with Gasteiger partial charge in [0.15, 0.2) is 0 Å². The zero-order chi connectivity index (χ0) is 18.8. The van der Waals surface area contributed by atoms with Crippen molar-refractivity contribution in [3.05, 3.63) is 80.1 Å². The van der Waals surface area contributed by atoms with Crippen LogP contribution in [0.15, 0.2) is 53.3 Å². The second-order valence-electron chi connectivity index (χ2n) is 5.38. The van der Waals surface area contributed by atoms with Crippen LogP contribution in [0.2, 0.25) is 0 Å². The highest BCUT2D eigenvalue weighted by Crippen LogP contribution is 2.19. The number of nitrogens with one attached hydrogen (secondary N) is 2. The summed E-state index contributed by atoms with van der Waals surface area (Å²) in [5, 5.41) is 22.5. The highest BCUT2D eigenvalue weighted by atomic mass is 16.6. The smallest absolute Gasteiger partial charge is 0.335 e. The lowest BCUT2D eigenvalue weighted by Crippen LogP contribution is -2.23. The number of nitro groups is 1. The number of carbonyl (C=O) groups excluding carboxylic acids is 1. The van der Waals surface area contributed by atoms with E-state index in [2.05, 4.69) is 10.3 Å². The van der Waals surface area contributed by atoms with Crippen LogP contribution < -0.4 is 10.9 Å². The molecule has 0 spiro atoms. The second-order valence-corrected chi connectivity index (χ2v) is 5.38. The van der Waals surface area contributed by atoms with Crippen LogP contribution in [-0.2, 0) is 0 Å². The van der Waals surface area contributed by atoms with E-state index in [1.807, 2.05) is 0 Å². The third kappa shape index (κ3) is 3.26. The van der Waals surface area contributed by atoms with Crippen molar-refractivity contribution in [3.8, 4) is 0 Å². The fraction of sp³-hybridized carbons (Fsp3) is 0. The number of amides is 1. The molecule has 3 rings (SSSR count). The largest absolute Gasteiger partial charge is 0.478 e. The molecule has 9 nitrogen and oxygen atoms in total. The van der Waals surface area contributed by atoms with Crippen LogP contribution in [0.5, 0.6) is 0 Å². The zero-order valence-electron chi connectivity index (χ0n) is 13.1. The first kappa shape index (κ1) is 16.8. The number of aromatic amines is 1. The van der Waals surface area contributed by atoms with Gasteiger partial charge in [-0.3, -0.25) is 19.7 Å². The van der Waals surface area contributed by atoms with Gasteiger partial charge in [-0.1, -0.05) is 0 Å². The maximum atomic E-state index is 12.3. The van der Waals surface area contributed by atoms with Crippen molar-refractivity contribution in [2.24, 2.45) is 0 Å². The van der Waals surface area contributed by atoms with E-state index in [1.165, 1.54) is 48.5 Å². The Hall–Kier alpha value is -4.01. The van der Waals surface area contributed by atoms with Gasteiger partial charge in [-0.25, -0.2) is 4.79 Å². The van der Waals surface area contributed by atoms with Gasteiger partial charge >= 0.3 is 5.97 Å². The van der Waals surface area contributed by atoms with Crippen LogP contribution in [0.3, 0.4) is 0 Å². The number of hydrogen-bond acceptors (Lipinski definition) is 5. The Kier molecular flexibility index (Phi) is 4.19. The molecule has 0 radical (unpaired) electrons. The molecule has 130 valence electrons. The van der Waals surface area contributed by atoms with Crippen molar-refractivity contribution in [1.82, 2.24) is 4.98 Å². The van der Waals surface area contributed by atoms with Gasteiger partial charge in [-0.05, 0) is 36.4 Å². The van der Waals surface area contributed by atoms with Crippen molar-refractivity contribution in [2.45, 2.75) is 0 Å². The summed E-state index contributed by atoms with van der Waals surface area (Å²) in [4.78, 5) is 48.0. The highest BCUT2D eigenvalue weighted by molar-refractivity contribution is 6.06. The molecule has 0 unspecified atom stereocenters. The molecule has 3 N–H and O–H groups in total. The number of rotatable bonds is 4. The van der Waals surface area contributed by atoms with Crippen LogP contribution in [0.4, 0.5) is 11.4 Å². The van der Waals surface area contributed by atoms with Crippen molar-refractivity contribution in [2.75, 3.05) is 5.32 Å². The monoisotopic (exact) mass is 353 g/mol. The Balaban J connectivity index is 1.94. The van der Waals surface area contributed by atoms with E-state index < -0.39 is 22.4 Å². The first-order chi connectivity index (χ1) is 12.3. The Labute approximate surface area is 145 Å². The summed E-state index contributed by atoms with van der Waals surface area (Å²) in [6, 6.07) is 10.6. The van der Waals surface area contributed by atoms with E-state index in [9.17, 15) is 24.5 Å². The van der Waals surface area contributed by atoms with Crippen LogP contribution >= 0.6 is 0 Å². The molecule has 0 aliphatic heterocycles. The molecule has 0 atom stereocenters. The fourth-order valence-corrected chi connectivity index (χ4v) is 2.37. The van der Waals surface area contributed by atoms with Crippen molar-refractivity contribution in [3.63, 3.8) is 0 Å². The van der Waals surface area contributed by atoms with Gasteiger partial charge in [0.2, 0.25) is 0 Å². The molecule has 3 aromatic rings. The number of anilines is 1. The SMILES string of the molecule is O=C(O)c1ccc(NC(=O)c2cc3cc([N+](=O)[O-])ccc3[nH]c2=O)cc1. The topological polar surface area (TPSA) is 142 Å². The van der Waals surface area contributed by atoms with E-state index in [-0.39, 0.29) is 16.8 Å². The first-order valence-electron chi connectivity index (χ1n) is 7.31. The molecule has 0 bridgehead atoms. The molecule has 0 aliphatic rings. The summed E-state index contributed by atoms with van der Waals surface area (Å²) in [5.74, 6) is -1.82. The molecule has 0 fully saturated rings. The molecule has 0 aliphatic carbocycles. The molecule has 0 saturated carbocycles. The minimum Gasteiger partial charge on any atom is -0.478 e. The third-order valence-electron chi connectivity index (χ3n) is 3.67. The lowest BCUT2D eigenvalue weighted by atomic mass is 10.1. The van der Waals surface area contributed by atoms with E-state index in [0.29, 0.717) is 16.6 Å². The summed E-state index contributed by atoms with van der Waals surface area (Å²) in [7, 11) is 0. The number of carboxylic acid groups (broad SMARTS) is 1. The van der Waals surface area contributed by atoms with Gasteiger partial charge in [0.1, 0.15) is 5.56 Å². The molecule has 1 amide bonds. The first-order valence-corrected chi connectivity index (χ1v) is 7.31. The van der Waals surface area contributed by atoms with Gasteiger partial charge in [0.05, 0.1) is 10.5 Å². The molecule has 2 aromatic carbocycles. The Bertz CT molecular complexity index is 1100. The minimum atomic E-state index is -1.10. The molecular formula is C17H11N3O6. The van der Waals surface area contributed by atoms with Gasteiger partial charge in [-0.2, -0.15) is 0 Å². The number of fused-ring (bicyclic) bond motifs is 1. The van der Waals surface area contributed by atoms with Crippen LogP contribution in [0.25, 0.3) is 10.9 Å². The molecule has 26 heavy (non-hydrogen) atoms. The number of H-pyrrole nitrogens is 1. The number of pyridine rings is 1. The van der Waals surface area contributed by atoms with E-state index in [0.717, 1.165) is 0 Å². The number of aromatic carboxylic acids is 1. The summed E-state index contributed by atoms with van der Waals surface area (Å²) in [6.45, 7) is 0. The standard InChI is InChI=1S/C17H11N3O6/c21-15(18-11-3-1-9(2-4-11)17(23)24)13-8-10-7-12(20(25)26)5-6-14(10)19-16(13)22/h1-8H,(H,18,21)(H,19,22)(H,23,24). The van der Waals surface area contributed by atoms with Crippen molar-refractivity contribution < 1.29 is 19.6 Å². The van der Waals surface area contributed by atoms with Gasteiger partial charge < -0.3 is 15.4 Å². The van der Waals surface area contributed by atoms with Crippen molar-refractivity contribution >= 4 is 34.2 Å². The number of nitrogens with zero attached hydrogens (tertiary/aromatic N) is 1. The molecule has 0 saturated heterocycles.